The molecule has 0 unspecified atom stereocenters. The molecule has 3 aromatic rings. The normalized spacial score (nSPS) is 10.6. The highest BCUT2D eigenvalue weighted by Gasteiger charge is 2.08. The molecule has 1 aromatic carbocycles. The maximum absolute atomic E-state index is 5.92. The highest BCUT2D eigenvalue weighted by molar-refractivity contribution is 6.28. The molecule has 3 nitrogen and oxygen atoms in total. The first kappa shape index (κ1) is 10.2. The molecule has 0 N–H and O–H groups in total. The summed E-state index contributed by atoms with van der Waals surface area (Å²) in [6.45, 7) is 0. The number of rotatable bonds is 1. The fourth-order valence-electron chi connectivity index (χ4n) is 1.74. The summed E-state index contributed by atoms with van der Waals surface area (Å²) >= 11 is 5.92. The van der Waals surface area contributed by atoms with Crippen molar-refractivity contribution in [3.8, 4) is 11.3 Å². The van der Waals surface area contributed by atoms with Gasteiger partial charge in [-0.25, -0.2) is 9.97 Å². The van der Waals surface area contributed by atoms with Gasteiger partial charge in [-0.2, -0.15) is 0 Å². The van der Waals surface area contributed by atoms with Crippen LogP contribution in [0.4, 0.5) is 0 Å². The quantitative estimate of drug-likeness (QED) is 0.614. The summed E-state index contributed by atoms with van der Waals surface area (Å²) in [6, 6.07) is 13.5. The summed E-state index contributed by atoms with van der Waals surface area (Å²) in [7, 11) is 0. The van der Waals surface area contributed by atoms with E-state index in [9.17, 15) is 0 Å². The van der Waals surface area contributed by atoms with Crippen LogP contribution >= 0.6 is 11.6 Å². The molecule has 0 saturated carbocycles. The lowest BCUT2D eigenvalue weighted by Gasteiger charge is -2.04. The molecule has 0 aliphatic heterocycles. The van der Waals surface area contributed by atoms with Crippen molar-refractivity contribution in [2.75, 3.05) is 0 Å². The number of aromatic nitrogens is 3. The number of pyridine rings is 1. The third-order valence-electron chi connectivity index (χ3n) is 2.47. The average Bonchev–Trinajstić information content (AvgIpc) is 2.39. The van der Waals surface area contributed by atoms with Crippen LogP contribution in [0.25, 0.3) is 22.3 Å². The Labute approximate surface area is 103 Å². The first-order valence-electron chi connectivity index (χ1n) is 5.18. The van der Waals surface area contributed by atoms with Gasteiger partial charge in [-0.3, -0.25) is 4.98 Å². The van der Waals surface area contributed by atoms with Gasteiger partial charge < -0.3 is 0 Å². The van der Waals surface area contributed by atoms with Gasteiger partial charge in [0.25, 0.3) is 0 Å². The van der Waals surface area contributed by atoms with Gasteiger partial charge >= 0.3 is 0 Å². The Hall–Kier alpha value is -2.00. The van der Waals surface area contributed by atoms with Crippen LogP contribution in [0.3, 0.4) is 0 Å². The van der Waals surface area contributed by atoms with Gasteiger partial charge in [0.2, 0.25) is 5.28 Å². The van der Waals surface area contributed by atoms with E-state index in [1.807, 2.05) is 42.5 Å². The minimum Gasteiger partial charge on any atom is -0.252 e. The van der Waals surface area contributed by atoms with Crippen LogP contribution in [0.1, 0.15) is 0 Å². The van der Waals surface area contributed by atoms with Gasteiger partial charge in [-0.15, -0.1) is 0 Å². The second-order valence-electron chi connectivity index (χ2n) is 3.58. The fourth-order valence-corrected chi connectivity index (χ4v) is 1.91. The van der Waals surface area contributed by atoms with E-state index in [-0.39, 0.29) is 5.28 Å². The lowest BCUT2D eigenvalue weighted by atomic mass is 10.1. The first-order valence-corrected chi connectivity index (χ1v) is 5.56. The van der Waals surface area contributed by atoms with E-state index in [4.69, 9.17) is 11.6 Å². The molecule has 0 radical (unpaired) electrons. The highest BCUT2D eigenvalue weighted by atomic mass is 35.5. The molecule has 4 heteroatoms. The summed E-state index contributed by atoms with van der Waals surface area (Å²) in [5, 5.41) is 0.240. The number of benzene rings is 1. The molecule has 0 spiro atoms. The standard InChI is InChI=1S/C13H8ClN3/c14-13-16-10-7-4-8-15-12(10)11(17-13)9-5-2-1-3-6-9/h1-8H. The topological polar surface area (TPSA) is 38.7 Å². The Morgan fingerprint density at radius 1 is 0.882 bits per heavy atom. The van der Waals surface area contributed by atoms with E-state index in [0.717, 1.165) is 22.3 Å². The molecule has 0 atom stereocenters. The predicted molar refractivity (Wildman–Crippen MR) is 67.8 cm³/mol. The van der Waals surface area contributed by atoms with Gasteiger partial charge in [0.15, 0.2) is 0 Å². The molecular formula is C13H8ClN3. The van der Waals surface area contributed by atoms with Crippen molar-refractivity contribution in [3.05, 3.63) is 53.9 Å². The summed E-state index contributed by atoms with van der Waals surface area (Å²) in [6.07, 6.45) is 1.73. The lowest BCUT2D eigenvalue weighted by molar-refractivity contribution is 1.20. The molecule has 82 valence electrons. The van der Waals surface area contributed by atoms with Crippen LogP contribution in [0.2, 0.25) is 5.28 Å². The Morgan fingerprint density at radius 2 is 1.71 bits per heavy atom. The Kier molecular flexibility index (Phi) is 2.46. The molecule has 0 aliphatic rings. The van der Waals surface area contributed by atoms with Crippen molar-refractivity contribution in [1.82, 2.24) is 15.0 Å². The summed E-state index contributed by atoms with van der Waals surface area (Å²) < 4.78 is 0. The molecule has 0 saturated heterocycles. The molecule has 2 heterocycles. The van der Waals surface area contributed by atoms with E-state index in [2.05, 4.69) is 15.0 Å². The van der Waals surface area contributed by atoms with E-state index in [0.29, 0.717) is 0 Å². The second-order valence-corrected chi connectivity index (χ2v) is 3.92. The maximum atomic E-state index is 5.92. The lowest BCUT2D eigenvalue weighted by Crippen LogP contribution is -1.92. The van der Waals surface area contributed by atoms with Crippen molar-refractivity contribution in [3.63, 3.8) is 0 Å². The zero-order valence-corrected chi connectivity index (χ0v) is 9.59. The molecule has 0 fully saturated rings. The van der Waals surface area contributed by atoms with E-state index >= 15 is 0 Å². The number of hydrogen-bond acceptors (Lipinski definition) is 3. The van der Waals surface area contributed by atoms with Gasteiger partial charge in [-0.05, 0) is 23.7 Å². The minimum absolute atomic E-state index is 0.240. The molecule has 17 heavy (non-hydrogen) atoms. The zero-order chi connectivity index (χ0) is 11.7. The number of halogens is 1. The van der Waals surface area contributed by atoms with Crippen LogP contribution in [0, 0.1) is 0 Å². The van der Waals surface area contributed by atoms with Crippen LogP contribution in [0.15, 0.2) is 48.7 Å². The largest absolute Gasteiger partial charge is 0.252 e. The van der Waals surface area contributed by atoms with Gasteiger partial charge in [0, 0.05) is 11.8 Å². The van der Waals surface area contributed by atoms with E-state index in [1.54, 1.807) is 6.20 Å². The number of fused-ring (bicyclic) bond motifs is 1. The van der Waals surface area contributed by atoms with Crippen molar-refractivity contribution in [2.24, 2.45) is 0 Å². The summed E-state index contributed by atoms with van der Waals surface area (Å²) in [5.74, 6) is 0. The maximum Gasteiger partial charge on any atom is 0.223 e. The van der Waals surface area contributed by atoms with Crippen LogP contribution in [0.5, 0.6) is 0 Å². The molecule has 2 aromatic heterocycles. The molecular weight excluding hydrogens is 234 g/mol. The molecule has 3 rings (SSSR count). The highest BCUT2D eigenvalue weighted by Crippen LogP contribution is 2.25. The minimum atomic E-state index is 0.240. The average molecular weight is 242 g/mol. The second kappa shape index (κ2) is 4.11. The van der Waals surface area contributed by atoms with Crippen molar-refractivity contribution in [2.45, 2.75) is 0 Å². The van der Waals surface area contributed by atoms with Crippen molar-refractivity contribution in [1.29, 1.82) is 0 Å². The van der Waals surface area contributed by atoms with E-state index in [1.165, 1.54) is 0 Å². The van der Waals surface area contributed by atoms with E-state index < -0.39 is 0 Å². The Balaban J connectivity index is 2.36. The Morgan fingerprint density at radius 3 is 2.53 bits per heavy atom. The van der Waals surface area contributed by atoms with Gasteiger partial charge in [-0.1, -0.05) is 30.3 Å². The fraction of sp³-hybridized carbons (Fsp3) is 0. The van der Waals surface area contributed by atoms with Crippen LogP contribution in [-0.4, -0.2) is 15.0 Å². The SMILES string of the molecule is Clc1nc(-c2ccccc2)c2ncccc2n1. The van der Waals surface area contributed by atoms with Crippen molar-refractivity contribution < 1.29 is 0 Å². The number of nitrogens with zero attached hydrogens (tertiary/aromatic N) is 3. The van der Waals surface area contributed by atoms with Crippen LogP contribution < -0.4 is 0 Å². The smallest absolute Gasteiger partial charge is 0.223 e. The Bertz CT molecular complexity index is 668. The number of hydrogen-bond donors (Lipinski definition) is 0. The molecule has 0 bridgehead atoms. The molecule has 0 aliphatic carbocycles. The zero-order valence-electron chi connectivity index (χ0n) is 8.84. The molecule has 0 amide bonds. The summed E-state index contributed by atoms with van der Waals surface area (Å²) in [5.41, 5.74) is 3.27. The third-order valence-corrected chi connectivity index (χ3v) is 2.64. The van der Waals surface area contributed by atoms with Crippen molar-refractivity contribution >= 4 is 22.6 Å². The van der Waals surface area contributed by atoms with Crippen LogP contribution in [-0.2, 0) is 0 Å². The monoisotopic (exact) mass is 241 g/mol. The first-order chi connectivity index (χ1) is 8.34. The predicted octanol–water partition coefficient (Wildman–Crippen LogP) is 3.35. The third kappa shape index (κ3) is 1.85. The summed E-state index contributed by atoms with van der Waals surface area (Å²) in [4.78, 5) is 12.7. The van der Waals surface area contributed by atoms with Gasteiger partial charge in [0.05, 0.1) is 5.52 Å². The van der Waals surface area contributed by atoms with Gasteiger partial charge in [0.1, 0.15) is 11.2 Å².